The van der Waals surface area contributed by atoms with Crippen molar-refractivity contribution in [2.75, 3.05) is 0 Å². The second kappa shape index (κ2) is 4.08. The van der Waals surface area contributed by atoms with Gasteiger partial charge in [-0.3, -0.25) is 0 Å². The summed E-state index contributed by atoms with van der Waals surface area (Å²) in [6.07, 6.45) is 3.86. The Morgan fingerprint density at radius 2 is 2.06 bits per heavy atom. The van der Waals surface area contributed by atoms with Gasteiger partial charge in [-0.1, -0.05) is 5.16 Å². The van der Waals surface area contributed by atoms with Crippen LogP contribution in [0.3, 0.4) is 0 Å². The lowest BCUT2D eigenvalue weighted by Gasteiger charge is -2.06. The number of H-pyrrole nitrogens is 1. The SMILES string of the molecule is Cc1noc(C)c1-c1cnc2[nH]cc(I)c2c1C. The molecule has 3 aromatic heterocycles. The van der Waals surface area contributed by atoms with Crippen molar-refractivity contribution < 1.29 is 4.52 Å². The van der Waals surface area contributed by atoms with Crippen molar-refractivity contribution in [1.29, 1.82) is 0 Å². The first-order valence-electron chi connectivity index (χ1n) is 5.65. The summed E-state index contributed by atoms with van der Waals surface area (Å²) in [4.78, 5) is 7.64. The Morgan fingerprint density at radius 3 is 2.72 bits per heavy atom. The highest BCUT2D eigenvalue weighted by Gasteiger charge is 2.17. The van der Waals surface area contributed by atoms with Crippen LogP contribution in [0.15, 0.2) is 16.9 Å². The molecule has 0 saturated carbocycles. The van der Waals surface area contributed by atoms with Crippen LogP contribution in [-0.4, -0.2) is 15.1 Å². The van der Waals surface area contributed by atoms with E-state index in [9.17, 15) is 0 Å². The maximum absolute atomic E-state index is 5.24. The fourth-order valence-corrected chi connectivity index (χ4v) is 3.14. The summed E-state index contributed by atoms with van der Waals surface area (Å²) < 4.78 is 6.42. The van der Waals surface area contributed by atoms with E-state index in [1.807, 2.05) is 26.2 Å². The predicted octanol–water partition coefficient (Wildman–Crippen LogP) is 3.75. The number of fused-ring (bicyclic) bond motifs is 1. The maximum atomic E-state index is 5.24. The zero-order valence-corrected chi connectivity index (χ0v) is 12.5. The van der Waals surface area contributed by atoms with Gasteiger partial charge in [0.2, 0.25) is 0 Å². The van der Waals surface area contributed by atoms with Crippen LogP contribution in [0.4, 0.5) is 0 Å². The third kappa shape index (κ3) is 1.57. The molecule has 0 aliphatic rings. The van der Waals surface area contributed by atoms with Crippen LogP contribution < -0.4 is 0 Å². The quantitative estimate of drug-likeness (QED) is 0.678. The minimum Gasteiger partial charge on any atom is -0.361 e. The van der Waals surface area contributed by atoms with Gasteiger partial charge in [0.15, 0.2) is 0 Å². The standard InChI is InChI=1S/C13H12IN3O/c1-6-9(12-7(2)17-18-8(12)3)4-15-13-11(6)10(14)5-16-13/h4-5H,1-3H3,(H,15,16). The van der Waals surface area contributed by atoms with E-state index < -0.39 is 0 Å². The molecule has 0 aliphatic heterocycles. The van der Waals surface area contributed by atoms with Crippen LogP contribution in [0.2, 0.25) is 0 Å². The van der Waals surface area contributed by atoms with Gasteiger partial charge in [-0.2, -0.15) is 0 Å². The summed E-state index contributed by atoms with van der Waals surface area (Å²) in [5, 5.41) is 5.19. The molecular formula is C13H12IN3O. The zero-order valence-electron chi connectivity index (χ0n) is 10.3. The normalized spacial score (nSPS) is 11.3. The van der Waals surface area contributed by atoms with E-state index in [1.54, 1.807) is 0 Å². The van der Waals surface area contributed by atoms with Gasteiger partial charge in [-0.25, -0.2) is 4.98 Å². The molecule has 0 aliphatic carbocycles. The topological polar surface area (TPSA) is 54.7 Å². The van der Waals surface area contributed by atoms with Crippen LogP contribution in [0.5, 0.6) is 0 Å². The second-order valence-corrected chi connectivity index (χ2v) is 5.52. The van der Waals surface area contributed by atoms with Gasteiger partial charge < -0.3 is 9.51 Å². The van der Waals surface area contributed by atoms with Crippen molar-refractivity contribution in [3.8, 4) is 11.1 Å². The number of aromatic nitrogens is 3. The van der Waals surface area contributed by atoms with Crippen molar-refractivity contribution in [2.24, 2.45) is 0 Å². The van der Waals surface area contributed by atoms with Crippen molar-refractivity contribution in [1.82, 2.24) is 15.1 Å². The summed E-state index contributed by atoms with van der Waals surface area (Å²) in [5.74, 6) is 0.835. The summed E-state index contributed by atoms with van der Waals surface area (Å²) in [5.41, 5.74) is 5.19. The first-order chi connectivity index (χ1) is 8.59. The molecule has 3 heterocycles. The van der Waals surface area contributed by atoms with E-state index in [-0.39, 0.29) is 0 Å². The zero-order chi connectivity index (χ0) is 12.9. The summed E-state index contributed by atoms with van der Waals surface area (Å²) in [6.45, 7) is 6.00. The van der Waals surface area contributed by atoms with Crippen LogP contribution >= 0.6 is 22.6 Å². The largest absolute Gasteiger partial charge is 0.361 e. The van der Waals surface area contributed by atoms with Crippen LogP contribution in [0.25, 0.3) is 22.2 Å². The van der Waals surface area contributed by atoms with E-state index in [0.29, 0.717) is 0 Å². The highest BCUT2D eigenvalue weighted by atomic mass is 127. The van der Waals surface area contributed by atoms with Gasteiger partial charge in [0.05, 0.1) is 5.69 Å². The van der Waals surface area contributed by atoms with Crippen molar-refractivity contribution in [3.05, 3.63) is 33.0 Å². The molecule has 0 aromatic carbocycles. The summed E-state index contributed by atoms with van der Waals surface area (Å²) >= 11 is 2.32. The fourth-order valence-electron chi connectivity index (χ4n) is 2.33. The van der Waals surface area contributed by atoms with Gasteiger partial charge in [0.1, 0.15) is 11.4 Å². The molecule has 0 unspecified atom stereocenters. The number of hydrogen-bond acceptors (Lipinski definition) is 3. The van der Waals surface area contributed by atoms with Gasteiger partial charge in [0.25, 0.3) is 0 Å². The van der Waals surface area contributed by atoms with Crippen molar-refractivity contribution >= 4 is 33.6 Å². The Labute approximate surface area is 118 Å². The molecule has 92 valence electrons. The highest BCUT2D eigenvalue weighted by Crippen LogP contribution is 2.33. The molecule has 18 heavy (non-hydrogen) atoms. The van der Waals surface area contributed by atoms with Crippen molar-refractivity contribution in [3.63, 3.8) is 0 Å². The average molecular weight is 353 g/mol. The monoisotopic (exact) mass is 353 g/mol. The molecule has 0 spiro atoms. The number of hydrogen-bond donors (Lipinski definition) is 1. The average Bonchev–Trinajstić information content (AvgIpc) is 2.86. The van der Waals surface area contributed by atoms with E-state index in [0.717, 1.165) is 28.2 Å². The third-order valence-electron chi connectivity index (χ3n) is 3.22. The van der Waals surface area contributed by atoms with Gasteiger partial charge in [-0.05, 0) is 48.9 Å². The molecule has 4 nitrogen and oxygen atoms in total. The molecule has 1 N–H and O–H groups in total. The lowest BCUT2D eigenvalue weighted by Crippen LogP contribution is -1.90. The molecule has 3 rings (SSSR count). The van der Waals surface area contributed by atoms with Crippen LogP contribution in [0.1, 0.15) is 17.0 Å². The Morgan fingerprint density at radius 1 is 1.28 bits per heavy atom. The maximum Gasteiger partial charge on any atom is 0.141 e. The molecule has 3 aromatic rings. The lowest BCUT2D eigenvalue weighted by atomic mass is 10.00. The minimum atomic E-state index is 0.835. The number of rotatable bonds is 1. The third-order valence-corrected chi connectivity index (χ3v) is 4.07. The van der Waals surface area contributed by atoms with E-state index in [2.05, 4.69) is 44.6 Å². The Balaban J connectivity index is 2.37. The number of aryl methyl sites for hydroxylation is 3. The van der Waals surface area contributed by atoms with Gasteiger partial charge in [0, 0.05) is 32.5 Å². The summed E-state index contributed by atoms with van der Waals surface area (Å²) in [6, 6.07) is 0. The van der Waals surface area contributed by atoms with Crippen LogP contribution in [0, 0.1) is 24.3 Å². The van der Waals surface area contributed by atoms with E-state index in [4.69, 9.17) is 4.52 Å². The lowest BCUT2D eigenvalue weighted by molar-refractivity contribution is 0.393. The molecule has 0 bridgehead atoms. The molecule has 0 saturated heterocycles. The minimum absolute atomic E-state index is 0.835. The number of pyridine rings is 1. The predicted molar refractivity (Wildman–Crippen MR) is 78.5 cm³/mol. The highest BCUT2D eigenvalue weighted by molar-refractivity contribution is 14.1. The number of nitrogens with zero attached hydrogens (tertiary/aromatic N) is 2. The van der Waals surface area contributed by atoms with Crippen LogP contribution in [-0.2, 0) is 0 Å². The molecule has 0 atom stereocenters. The number of nitrogens with one attached hydrogen (secondary N) is 1. The van der Waals surface area contributed by atoms with Crippen molar-refractivity contribution in [2.45, 2.75) is 20.8 Å². The Bertz CT molecular complexity index is 723. The second-order valence-electron chi connectivity index (χ2n) is 4.36. The molecule has 0 fully saturated rings. The van der Waals surface area contributed by atoms with Gasteiger partial charge in [-0.15, -0.1) is 0 Å². The first-order valence-corrected chi connectivity index (χ1v) is 6.73. The Hall–Kier alpha value is -1.37. The Kier molecular flexibility index (Phi) is 2.65. The van der Waals surface area contributed by atoms with E-state index in [1.165, 1.54) is 14.5 Å². The summed E-state index contributed by atoms with van der Waals surface area (Å²) in [7, 11) is 0. The first kappa shape index (κ1) is 11.7. The number of aromatic amines is 1. The van der Waals surface area contributed by atoms with E-state index >= 15 is 0 Å². The number of halogens is 1. The smallest absolute Gasteiger partial charge is 0.141 e. The molecule has 0 radical (unpaired) electrons. The van der Waals surface area contributed by atoms with Gasteiger partial charge >= 0.3 is 0 Å². The molecular weight excluding hydrogens is 341 g/mol. The molecule has 5 heteroatoms. The molecule has 0 amide bonds. The fraction of sp³-hybridized carbons (Fsp3) is 0.231.